The molecule has 0 bridgehead atoms. The van der Waals surface area contributed by atoms with Gasteiger partial charge >= 0.3 is 0 Å². The minimum atomic E-state index is 0.177. The number of aliphatic hydroxyl groups is 1. The molecule has 1 atom stereocenters. The van der Waals surface area contributed by atoms with Crippen LogP contribution in [0.5, 0.6) is 0 Å². The van der Waals surface area contributed by atoms with E-state index in [1.807, 2.05) is 0 Å². The van der Waals surface area contributed by atoms with Crippen molar-refractivity contribution in [3.8, 4) is 0 Å². The van der Waals surface area contributed by atoms with Crippen molar-refractivity contribution in [1.82, 2.24) is 10.6 Å². The molecule has 4 heteroatoms. The van der Waals surface area contributed by atoms with Crippen molar-refractivity contribution in [2.24, 2.45) is 5.92 Å². The standard InChI is InChI=1S/C12H24N2O2/c15-9-3-1-2-7-14-12(16)5-4-11-6-8-13-10-11/h11,13,15H,1-10H2,(H,14,16). The average Bonchev–Trinajstić information content (AvgIpc) is 2.79. The van der Waals surface area contributed by atoms with Crippen molar-refractivity contribution in [3.05, 3.63) is 0 Å². The van der Waals surface area contributed by atoms with Gasteiger partial charge in [0.05, 0.1) is 0 Å². The molecule has 1 amide bonds. The molecule has 0 aromatic rings. The Morgan fingerprint density at radius 1 is 1.38 bits per heavy atom. The lowest BCUT2D eigenvalue weighted by Gasteiger charge is -2.08. The first-order valence-electron chi connectivity index (χ1n) is 6.41. The molecule has 0 aliphatic carbocycles. The van der Waals surface area contributed by atoms with Crippen LogP contribution >= 0.6 is 0 Å². The third-order valence-corrected chi connectivity index (χ3v) is 3.10. The van der Waals surface area contributed by atoms with E-state index in [2.05, 4.69) is 10.6 Å². The second-order valence-electron chi connectivity index (χ2n) is 4.53. The van der Waals surface area contributed by atoms with Gasteiger partial charge < -0.3 is 15.7 Å². The van der Waals surface area contributed by atoms with Gasteiger partial charge in [-0.15, -0.1) is 0 Å². The maximum Gasteiger partial charge on any atom is 0.220 e. The summed E-state index contributed by atoms with van der Waals surface area (Å²) in [5.74, 6) is 0.871. The molecule has 4 nitrogen and oxygen atoms in total. The number of carbonyl (C=O) groups excluding carboxylic acids is 1. The van der Waals surface area contributed by atoms with E-state index in [-0.39, 0.29) is 12.5 Å². The van der Waals surface area contributed by atoms with E-state index in [9.17, 15) is 4.79 Å². The smallest absolute Gasteiger partial charge is 0.220 e. The van der Waals surface area contributed by atoms with Crippen molar-refractivity contribution in [2.75, 3.05) is 26.2 Å². The Kier molecular flexibility index (Phi) is 7.17. The highest BCUT2D eigenvalue weighted by Crippen LogP contribution is 2.13. The molecule has 0 radical (unpaired) electrons. The largest absolute Gasteiger partial charge is 0.396 e. The molecule has 0 spiro atoms. The first-order valence-corrected chi connectivity index (χ1v) is 6.41. The number of hydrogen-bond donors (Lipinski definition) is 3. The summed E-state index contributed by atoms with van der Waals surface area (Å²) in [6.45, 7) is 3.18. The van der Waals surface area contributed by atoms with Crippen molar-refractivity contribution in [3.63, 3.8) is 0 Å². The van der Waals surface area contributed by atoms with Crippen LogP contribution in [0.2, 0.25) is 0 Å². The topological polar surface area (TPSA) is 61.4 Å². The van der Waals surface area contributed by atoms with Crippen LogP contribution < -0.4 is 10.6 Å². The van der Waals surface area contributed by atoms with Crippen LogP contribution in [0.4, 0.5) is 0 Å². The molecule has 1 fully saturated rings. The van der Waals surface area contributed by atoms with Crippen molar-refractivity contribution in [2.45, 2.75) is 38.5 Å². The van der Waals surface area contributed by atoms with Crippen LogP contribution in [-0.2, 0) is 4.79 Å². The molecular formula is C12H24N2O2. The summed E-state index contributed by atoms with van der Waals surface area (Å²) in [4.78, 5) is 11.5. The lowest BCUT2D eigenvalue weighted by Crippen LogP contribution is -2.25. The molecule has 16 heavy (non-hydrogen) atoms. The first kappa shape index (κ1) is 13.5. The van der Waals surface area contributed by atoms with Gasteiger partial charge in [-0.1, -0.05) is 0 Å². The van der Waals surface area contributed by atoms with Crippen LogP contribution in [0.15, 0.2) is 0 Å². The maximum atomic E-state index is 11.5. The highest BCUT2D eigenvalue weighted by Gasteiger charge is 2.15. The zero-order chi connectivity index (χ0) is 11.6. The summed E-state index contributed by atoms with van der Waals surface area (Å²) in [6.07, 6.45) is 5.68. The molecule has 1 aliphatic rings. The normalized spacial score (nSPS) is 19.9. The monoisotopic (exact) mass is 228 g/mol. The molecule has 1 unspecified atom stereocenters. The molecular weight excluding hydrogens is 204 g/mol. The van der Waals surface area contributed by atoms with Crippen LogP contribution in [0, 0.1) is 5.92 Å². The maximum absolute atomic E-state index is 11.5. The summed E-state index contributed by atoms with van der Waals surface area (Å²) >= 11 is 0. The van der Waals surface area contributed by atoms with Crippen molar-refractivity contribution >= 4 is 5.91 Å². The van der Waals surface area contributed by atoms with E-state index in [0.29, 0.717) is 12.3 Å². The van der Waals surface area contributed by atoms with E-state index in [4.69, 9.17) is 5.11 Å². The minimum Gasteiger partial charge on any atom is -0.396 e. The number of aliphatic hydroxyl groups excluding tert-OH is 1. The Bertz CT molecular complexity index is 191. The number of amides is 1. The minimum absolute atomic E-state index is 0.177. The molecule has 1 heterocycles. The Labute approximate surface area is 97.8 Å². The van der Waals surface area contributed by atoms with Gasteiger partial charge in [0.15, 0.2) is 0 Å². The molecule has 94 valence electrons. The van der Waals surface area contributed by atoms with E-state index in [1.165, 1.54) is 6.42 Å². The molecule has 1 saturated heterocycles. The molecule has 1 rings (SSSR count). The second-order valence-corrected chi connectivity index (χ2v) is 4.53. The van der Waals surface area contributed by atoms with E-state index >= 15 is 0 Å². The summed E-state index contributed by atoms with van der Waals surface area (Å²) in [5, 5.41) is 14.8. The van der Waals surface area contributed by atoms with E-state index in [0.717, 1.165) is 45.3 Å². The van der Waals surface area contributed by atoms with Gasteiger partial charge in [-0.2, -0.15) is 0 Å². The highest BCUT2D eigenvalue weighted by molar-refractivity contribution is 5.75. The second kappa shape index (κ2) is 8.53. The predicted molar refractivity (Wildman–Crippen MR) is 64.2 cm³/mol. The first-order chi connectivity index (χ1) is 7.83. The van der Waals surface area contributed by atoms with Crippen LogP contribution in [0.3, 0.4) is 0 Å². The molecule has 3 N–H and O–H groups in total. The Balaban J connectivity index is 1.90. The fourth-order valence-electron chi connectivity index (χ4n) is 2.03. The van der Waals surface area contributed by atoms with Gasteiger partial charge in [0.1, 0.15) is 0 Å². The number of unbranched alkanes of at least 4 members (excludes halogenated alkanes) is 2. The Morgan fingerprint density at radius 2 is 2.25 bits per heavy atom. The quantitative estimate of drug-likeness (QED) is 0.535. The number of rotatable bonds is 8. The van der Waals surface area contributed by atoms with Gasteiger partial charge in [-0.05, 0) is 51.1 Å². The van der Waals surface area contributed by atoms with Crippen LogP contribution in [0.1, 0.15) is 38.5 Å². The van der Waals surface area contributed by atoms with Gasteiger partial charge in [0, 0.05) is 19.6 Å². The third kappa shape index (κ3) is 6.08. The van der Waals surface area contributed by atoms with Crippen LogP contribution in [0.25, 0.3) is 0 Å². The lowest BCUT2D eigenvalue weighted by atomic mass is 10.0. The predicted octanol–water partition coefficient (Wildman–Crippen LogP) is 0.655. The molecule has 0 aromatic carbocycles. The molecule has 1 aliphatic heterocycles. The van der Waals surface area contributed by atoms with Gasteiger partial charge in [0.2, 0.25) is 5.91 Å². The summed E-state index contributed by atoms with van der Waals surface area (Å²) in [7, 11) is 0. The van der Waals surface area contributed by atoms with Gasteiger partial charge in [0.25, 0.3) is 0 Å². The third-order valence-electron chi connectivity index (χ3n) is 3.10. The van der Waals surface area contributed by atoms with E-state index < -0.39 is 0 Å². The highest BCUT2D eigenvalue weighted by atomic mass is 16.2. The summed E-state index contributed by atoms with van der Waals surface area (Å²) in [5.41, 5.74) is 0. The fraction of sp³-hybridized carbons (Fsp3) is 0.917. The van der Waals surface area contributed by atoms with Gasteiger partial charge in [-0.3, -0.25) is 4.79 Å². The number of nitrogens with one attached hydrogen (secondary N) is 2. The van der Waals surface area contributed by atoms with E-state index in [1.54, 1.807) is 0 Å². The molecule has 0 aromatic heterocycles. The zero-order valence-electron chi connectivity index (χ0n) is 10.0. The van der Waals surface area contributed by atoms with Crippen molar-refractivity contribution < 1.29 is 9.90 Å². The zero-order valence-corrected chi connectivity index (χ0v) is 10.0. The number of carbonyl (C=O) groups is 1. The summed E-state index contributed by atoms with van der Waals surface area (Å²) < 4.78 is 0. The SMILES string of the molecule is O=C(CCC1CCNC1)NCCCCCO. The number of hydrogen-bond acceptors (Lipinski definition) is 3. The van der Waals surface area contributed by atoms with Crippen LogP contribution in [-0.4, -0.2) is 37.3 Å². The van der Waals surface area contributed by atoms with Crippen molar-refractivity contribution in [1.29, 1.82) is 0 Å². The fourth-order valence-corrected chi connectivity index (χ4v) is 2.03. The lowest BCUT2D eigenvalue weighted by molar-refractivity contribution is -0.121. The van der Waals surface area contributed by atoms with Gasteiger partial charge in [-0.25, -0.2) is 0 Å². The Hall–Kier alpha value is -0.610. The molecule has 0 saturated carbocycles. The Morgan fingerprint density at radius 3 is 2.94 bits per heavy atom. The average molecular weight is 228 g/mol. The summed E-state index contributed by atoms with van der Waals surface area (Å²) in [6, 6.07) is 0.